The largest absolute Gasteiger partial charge is 0.392 e. The second-order valence-electron chi connectivity index (χ2n) is 4.19. The maximum absolute atomic E-state index is 5.71. The zero-order chi connectivity index (χ0) is 11.1. The zero-order valence-corrected chi connectivity index (χ0v) is 10.4. The molecular formula is C11H22N2OS. The van der Waals surface area contributed by atoms with Gasteiger partial charge < -0.3 is 10.5 Å². The van der Waals surface area contributed by atoms with Crippen LogP contribution in [0.3, 0.4) is 0 Å². The molecule has 0 amide bonds. The third kappa shape index (κ3) is 5.44. The highest BCUT2D eigenvalue weighted by Gasteiger charge is 2.17. The van der Waals surface area contributed by atoms with Gasteiger partial charge in [-0.25, -0.2) is 0 Å². The molecule has 0 aromatic heterocycles. The van der Waals surface area contributed by atoms with E-state index in [1.54, 1.807) is 0 Å². The normalized spacial score (nSPS) is 21.9. The minimum absolute atomic E-state index is 0.389. The Morgan fingerprint density at radius 1 is 1.53 bits per heavy atom. The molecule has 1 saturated heterocycles. The van der Waals surface area contributed by atoms with Crippen LogP contribution in [0.2, 0.25) is 0 Å². The van der Waals surface area contributed by atoms with E-state index in [4.69, 9.17) is 22.7 Å². The Bertz CT molecular complexity index is 193. The van der Waals surface area contributed by atoms with Gasteiger partial charge in [0.05, 0.1) is 11.1 Å². The van der Waals surface area contributed by atoms with E-state index >= 15 is 0 Å². The second-order valence-corrected chi connectivity index (χ2v) is 4.71. The molecule has 1 aliphatic rings. The van der Waals surface area contributed by atoms with Gasteiger partial charge in [-0.3, -0.25) is 4.90 Å². The predicted molar refractivity (Wildman–Crippen MR) is 67.1 cm³/mol. The average Bonchev–Trinajstić information content (AvgIpc) is 2.18. The second kappa shape index (κ2) is 7.14. The quantitative estimate of drug-likeness (QED) is 0.703. The van der Waals surface area contributed by atoms with Crippen LogP contribution in [0.15, 0.2) is 0 Å². The maximum atomic E-state index is 5.71. The Balaban J connectivity index is 2.31. The summed E-state index contributed by atoms with van der Waals surface area (Å²) in [5, 5.41) is 0. The van der Waals surface area contributed by atoms with E-state index < -0.39 is 0 Å². The molecular weight excluding hydrogens is 208 g/mol. The van der Waals surface area contributed by atoms with Crippen LogP contribution in [0, 0.1) is 0 Å². The Morgan fingerprint density at radius 2 is 2.33 bits per heavy atom. The van der Waals surface area contributed by atoms with E-state index in [1.165, 1.54) is 19.3 Å². The van der Waals surface area contributed by atoms with E-state index in [0.717, 1.165) is 32.7 Å². The lowest BCUT2D eigenvalue weighted by molar-refractivity contribution is -0.00307. The van der Waals surface area contributed by atoms with Gasteiger partial charge in [-0.15, -0.1) is 0 Å². The van der Waals surface area contributed by atoms with Crippen LogP contribution in [0.5, 0.6) is 0 Å². The molecule has 3 nitrogen and oxygen atoms in total. The van der Waals surface area contributed by atoms with Gasteiger partial charge in [0.15, 0.2) is 0 Å². The van der Waals surface area contributed by atoms with Crippen molar-refractivity contribution < 1.29 is 4.74 Å². The highest BCUT2D eigenvalue weighted by molar-refractivity contribution is 7.80. The number of nitrogens with two attached hydrogens (primary N) is 1. The molecule has 15 heavy (non-hydrogen) atoms. The van der Waals surface area contributed by atoms with E-state index in [0.29, 0.717) is 11.1 Å². The van der Waals surface area contributed by atoms with Crippen molar-refractivity contribution in [2.45, 2.75) is 38.7 Å². The Hall–Kier alpha value is -0.190. The smallest absolute Gasteiger partial charge is 0.0870 e. The molecule has 0 aliphatic carbocycles. The van der Waals surface area contributed by atoms with Crippen molar-refractivity contribution in [1.29, 1.82) is 0 Å². The first-order valence-electron chi connectivity index (χ1n) is 5.84. The number of ether oxygens (including phenoxy) is 1. The third-order valence-corrected chi connectivity index (χ3v) is 2.78. The molecule has 0 radical (unpaired) electrons. The number of thiocarbonyl (C=S) groups is 1. The van der Waals surface area contributed by atoms with Gasteiger partial charge >= 0.3 is 0 Å². The van der Waals surface area contributed by atoms with Gasteiger partial charge in [-0.1, -0.05) is 19.1 Å². The first kappa shape index (κ1) is 12.9. The van der Waals surface area contributed by atoms with Crippen molar-refractivity contribution in [2.75, 3.05) is 26.2 Å². The molecule has 0 spiro atoms. The Kier molecular flexibility index (Phi) is 6.13. The van der Waals surface area contributed by atoms with Gasteiger partial charge in [0.25, 0.3) is 0 Å². The van der Waals surface area contributed by atoms with E-state index in [-0.39, 0.29) is 0 Å². The molecule has 0 aromatic rings. The summed E-state index contributed by atoms with van der Waals surface area (Å²) < 4.78 is 5.71. The molecule has 88 valence electrons. The zero-order valence-electron chi connectivity index (χ0n) is 9.58. The van der Waals surface area contributed by atoms with Gasteiger partial charge in [0.2, 0.25) is 0 Å². The van der Waals surface area contributed by atoms with Crippen molar-refractivity contribution in [2.24, 2.45) is 5.73 Å². The standard InChI is InChI=1S/C11H22N2OS/c1-2-6-13(9-11(12)15)8-10-5-3-4-7-14-10/h10H,2-9H2,1H3,(H2,12,15). The van der Waals surface area contributed by atoms with Crippen molar-refractivity contribution in [3.63, 3.8) is 0 Å². The fourth-order valence-electron chi connectivity index (χ4n) is 2.01. The minimum Gasteiger partial charge on any atom is -0.392 e. The lowest BCUT2D eigenvalue weighted by Crippen LogP contribution is -2.40. The fraction of sp³-hybridized carbons (Fsp3) is 0.909. The summed E-state index contributed by atoms with van der Waals surface area (Å²) in [6, 6.07) is 0. The monoisotopic (exact) mass is 230 g/mol. The van der Waals surface area contributed by atoms with Gasteiger partial charge in [-0.05, 0) is 32.2 Å². The molecule has 1 rings (SSSR count). The molecule has 1 atom stereocenters. The maximum Gasteiger partial charge on any atom is 0.0870 e. The van der Waals surface area contributed by atoms with Crippen molar-refractivity contribution >= 4 is 17.2 Å². The Labute approximate surface area is 98.0 Å². The summed E-state index contributed by atoms with van der Waals surface area (Å²) in [6.45, 7) is 5.84. The van der Waals surface area contributed by atoms with Gasteiger partial charge in [0.1, 0.15) is 0 Å². The molecule has 1 unspecified atom stereocenters. The molecule has 4 heteroatoms. The summed E-state index contributed by atoms with van der Waals surface area (Å²) in [7, 11) is 0. The molecule has 2 N–H and O–H groups in total. The van der Waals surface area contributed by atoms with Crippen LogP contribution in [0.4, 0.5) is 0 Å². The highest BCUT2D eigenvalue weighted by atomic mass is 32.1. The molecule has 1 fully saturated rings. The van der Waals surface area contributed by atoms with Crippen molar-refractivity contribution in [1.82, 2.24) is 4.90 Å². The average molecular weight is 230 g/mol. The van der Waals surface area contributed by atoms with Crippen LogP contribution in [-0.4, -0.2) is 42.2 Å². The summed E-state index contributed by atoms with van der Waals surface area (Å²) in [5.74, 6) is 0. The van der Waals surface area contributed by atoms with E-state index in [2.05, 4.69) is 11.8 Å². The van der Waals surface area contributed by atoms with Crippen LogP contribution in [0.25, 0.3) is 0 Å². The Morgan fingerprint density at radius 3 is 2.87 bits per heavy atom. The molecule has 0 bridgehead atoms. The SMILES string of the molecule is CCCN(CC(N)=S)CC1CCCCO1. The highest BCUT2D eigenvalue weighted by Crippen LogP contribution is 2.13. The van der Waals surface area contributed by atoms with Crippen LogP contribution >= 0.6 is 12.2 Å². The number of hydrogen-bond acceptors (Lipinski definition) is 3. The molecule has 1 aliphatic heterocycles. The number of nitrogens with zero attached hydrogens (tertiary/aromatic N) is 1. The van der Waals surface area contributed by atoms with Gasteiger partial charge in [0, 0.05) is 19.7 Å². The van der Waals surface area contributed by atoms with E-state index in [1.807, 2.05) is 0 Å². The van der Waals surface area contributed by atoms with Crippen LogP contribution in [0.1, 0.15) is 32.6 Å². The van der Waals surface area contributed by atoms with Crippen molar-refractivity contribution in [3.05, 3.63) is 0 Å². The molecule has 0 aromatic carbocycles. The summed E-state index contributed by atoms with van der Waals surface area (Å²) >= 11 is 4.95. The van der Waals surface area contributed by atoms with Crippen LogP contribution < -0.4 is 5.73 Å². The molecule has 1 heterocycles. The minimum atomic E-state index is 0.389. The predicted octanol–water partition coefficient (Wildman–Crippen LogP) is 1.55. The third-order valence-electron chi connectivity index (χ3n) is 2.66. The lowest BCUT2D eigenvalue weighted by Gasteiger charge is -2.29. The first-order chi connectivity index (χ1) is 7.22. The first-order valence-corrected chi connectivity index (χ1v) is 6.25. The summed E-state index contributed by atoms with van der Waals surface area (Å²) in [4.78, 5) is 2.89. The van der Waals surface area contributed by atoms with Crippen molar-refractivity contribution in [3.8, 4) is 0 Å². The topological polar surface area (TPSA) is 38.5 Å². The fourth-order valence-corrected chi connectivity index (χ4v) is 2.19. The number of hydrogen-bond donors (Lipinski definition) is 1. The van der Waals surface area contributed by atoms with Crippen LogP contribution in [-0.2, 0) is 4.74 Å². The number of rotatable bonds is 6. The van der Waals surface area contributed by atoms with Gasteiger partial charge in [-0.2, -0.15) is 0 Å². The summed E-state index contributed by atoms with van der Waals surface area (Å²) in [5.41, 5.74) is 5.58. The lowest BCUT2D eigenvalue weighted by atomic mass is 10.1. The van der Waals surface area contributed by atoms with E-state index in [9.17, 15) is 0 Å². The summed E-state index contributed by atoms with van der Waals surface area (Å²) in [6.07, 6.45) is 5.20. The molecule has 0 saturated carbocycles.